The molecule has 1 unspecified atom stereocenters. The highest BCUT2D eigenvalue weighted by Gasteiger charge is 2.41. The van der Waals surface area contributed by atoms with Crippen LogP contribution >= 0.6 is 11.8 Å². The number of benzene rings is 1. The average molecular weight is 387 g/mol. The van der Waals surface area contributed by atoms with Crippen molar-refractivity contribution in [3.63, 3.8) is 0 Å². The Labute approximate surface area is 155 Å². The van der Waals surface area contributed by atoms with Gasteiger partial charge in [0.1, 0.15) is 18.2 Å². The Morgan fingerprint density at radius 1 is 1.31 bits per heavy atom. The number of hydrogen-bond acceptors (Lipinski definition) is 6. The normalized spacial score (nSPS) is 19.9. The molecule has 0 bridgehead atoms. The summed E-state index contributed by atoms with van der Waals surface area (Å²) in [5.41, 5.74) is 5.81. The van der Waals surface area contributed by atoms with Gasteiger partial charge in [0.05, 0.1) is 11.6 Å². The monoisotopic (exact) mass is 387 g/mol. The molecule has 0 radical (unpaired) electrons. The molecule has 26 heavy (non-hydrogen) atoms. The minimum absolute atomic E-state index is 0.0229. The van der Waals surface area contributed by atoms with Crippen LogP contribution in [0.4, 0.5) is 13.6 Å². The Balaban J connectivity index is 2.17. The molecule has 0 aromatic heterocycles. The number of carbonyl (C=O) groups excluding carboxylic acids is 1. The predicted molar refractivity (Wildman–Crippen MR) is 94.9 cm³/mol. The molecule has 1 atom stereocenters. The van der Waals surface area contributed by atoms with E-state index in [-0.39, 0.29) is 19.1 Å². The molecule has 0 saturated carbocycles. The van der Waals surface area contributed by atoms with E-state index in [1.165, 1.54) is 23.9 Å². The van der Waals surface area contributed by atoms with Gasteiger partial charge in [-0.15, -0.1) is 0 Å². The van der Waals surface area contributed by atoms with Crippen molar-refractivity contribution in [2.45, 2.75) is 31.5 Å². The van der Waals surface area contributed by atoms with E-state index in [0.29, 0.717) is 4.90 Å². The van der Waals surface area contributed by atoms with Crippen LogP contribution in [0.25, 0.3) is 0 Å². The first-order chi connectivity index (χ1) is 12.1. The fourth-order valence-electron chi connectivity index (χ4n) is 2.49. The van der Waals surface area contributed by atoms with Gasteiger partial charge in [0, 0.05) is 30.6 Å². The zero-order valence-corrected chi connectivity index (χ0v) is 16.0. The van der Waals surface area contributed by atoms with Crippen LogP contribution in [0, 0.1) is 17.6 Å². The highest BCUT2D eigenvalue weighted by Crippen LogP contribution is 2.41. The van der Waals surface area contributed by atoms with E-state index in [0.717, 1.165) is 16.8 Å². The van der Waals surface area contributed by atoms with E-state index in [1.54, 1.807) is 0 Å². The van der Waals surface area contributed by atoms with Gasteiger partial charge in [-0.2, -0.15) is 0 Å². The number of halogens is 2. The third kappa shape index (κ3) is 4.79. The highest BCUT2D eigenvalue weighted by molar-refractivity contribution is 8.03. The molecule has 3 N–H and O–H groups in total. The van der Waals surface area contributed by atoms with E-state index < -0.39 is 23.6 Å². The van der Waals surface area contributed by atoms with Gasteiger partial charge in [-0.1, -0.05) is 25.6 Å². The van der Waals surface area contributed by atoms with E-state index in [9.17, 15) is 13.6 Å². The van der Waals surface area contributed by atoms with Crippen molar-refractivity contribution in [2.24, 2.45) is 11.7 Å². The van der Waals surface area contributed by atoms with Crippen LogP contribution in [-0.2, 0) is 9.47 Å². The lowest BCUT2D eigenvalue weighted by molar-refractivity contribution is -0.130. The van der Waals surface area contributed by atoms with Crippen molar-refractivity contribution in [3.8, 4) is 0 Å². The highest BCUT2D eigenvalue weighted by atomic mass is 32.2. The van der Waals surface area contributed by atoms with Crippen molar-refractivity contribution in [3.05, 3.63) is 40.6 Å². The molecule has 0 aliphatic carbocycles. The largest absolute Gasteiger partial charge is 0.447 e. The minimum atomic E-state index is -0.894. The number of amides is 1. The predicted octanol–water partition coefficient (Wildman–Crippen LogP) is 3.20. The smallest absolute Gasteiger partial charge is 0.404 e. The molecule has 1 amide bonds. The Morgan fingerprint density at radius 3 is 2.46 bits per heavy atom. The Kier molecular flexibility index (Phi) is 6.35. The number of allylic oxidation sites excluding steroid dienone is 1. The van der Waals surface area contributed by atoms with Crippen LogP contribution < -0.4 is 11.1 Å². The summed E-state index contributed by atoms with van der Waals surface area (Å²) >= 11 is 1.25. The third-order valence-electron chi connectivity index (χ3n) is 3.88. The fourth-order valence-corrected chi connectivity index (χ4v) is 3.77. The zero-order valence-electron chi connectivity index (χ0n) is 15.1. The number of rotatable bonds is 7. The molecule has 144 valence electrons. The maximum Gasteiger partial charge on any atom is 0.404 e. The van der Waals surface area contributed by atoms with Gasteiger partial charge < -0.3 is 25.4 Å². The van der Waals surface area contributed by atoms with Crippen LogP contribution in [-0.4, -0.2) is 37.1 Å². The van der Waals surface area contributed by atoms with Crippen LogP contribution in [0.15, 0.2) is 33.8 Å². The molecule has 0 saturated heterocycles. The Bertz CT molecular complexity index is 694. The molecular weight excluding hydrogens is 364 g/mol. The molecular formula is C17H23F2N3O3S. The molecule has 0 fully saturated rings. The van der Waals surface area contributed by atoms with Crippen LogP contribution in [0.5, 0.6) is 0 Å². The number of nitrogens with one attached hydrogen (secondary N) is 1. The van der Waals surface area contributed by atoms with Gasteiger partial charge in [-0.25, -0.2) is 13.6 Å². The van der Waals surface area contributed by atoms with Gasteiger partial charge in [0.2, 0.25) is 5.85 Å². The summed E-state index contributed by atoms with van der Waals surface area (Å²) < 4.78 is 37.5. The summed E-state index contributed by atoms with van der Waals surface area (Å²) in [5, 5.41) is 4.10. The molecule has 1 aliphatic rings. The quantitative estimate of drug-likeness (QED) is 0.700. The standard InChI is InChI=1S/C17H23F2N3O3S/c1-10(2)14-15(26-13-8-11(18)7-12(19)9-13)22(4)17(3,21-14)25-6-5-24-16(20)23/h7-10,21H,5-6H2,1-4H3,(H2,20,23). The summed E-state index contributed by atoms with van der Waals surface area (Å²) in [5.74, 6) is -2.02. The number of nitrogens with zero attached hydrogens (tertiary/aromatic N) is 1. The molecule has 1 aromatic carbocycles. The molecule has 2 rings (SSSR count). The third-order valence-corrected chi connectivity index (χ3v) is 5.04. The topological polar surface area (TPSA) is 76.8 Å². The van der Waals surface area contributed by atoms with E-state index >= 15 is 0 Å². The summed E-state index contributed by atoms with van der Waals surface area (Å²) in [7, 11) is 1.81. The lowest BCUT2D eigenvalue weighted by Gasteiger charge is -2.35. The van der Waals surface area contributed by atoms with Crippen molar-refractivity contribution >= 4 is 17.9 Å². The minimum Gasteiger partial charge on any atom is -0.447 e. The SMILES string of the molecule is CC(C)C1=C(Sc2cc(F)cc(F)c2)N(C)C(C)(OCCOC(N)=O)N1. The van der Waals surface area contributed by atoms with E-state index in [1.807, 2.05) is 32.7 Å². The van der Waals surface area contributed by atoms with Crippen LogP contribution in [0.1, 0.15) is 20.8 Å². The van der Waals surface area contributed by atoms with Crippen molar-refractivity contribution in [2.75, 3.05) is 20.3 Å². The lowest BCUT2D eigenvalue weighted by atomic mass is 10.1. The van der Waals surface area contributed by atoms with E-state index in [4.69, 9.17) is 10.5 Å². The van der Waals surface area contributed by atoms with Crippen molar-refractivity contribution < 1.29 is 23.0 Å². The fraction of sp³-hybridized carbons (Fsp3) is 0.471. The number of carbonyl (C=O) groups is 1. The van der Waals surface area contributed by atoms with Crippen molar-refractivity contribution in [1.82, 2.24) is 10.2 Å². The molecule has 0 spiro atoms. The summed E-state index contributed by atoms with van der Waals surface area (Å²) in [4.78, 5) is 12.9. The summed E-state index contributed by atoms with van der Waals surface area (Å²) in [6.45, 7) is 5.98. The first kappa shape index (κ1) is 20.3. The van der Waals surface area contributed by atoms with Gasteiger partial charge in [0.25, 0.3) is 0 Å². The lowest BCUT2D eigenvalue weighted by Crippen LogP contribution is -2.51. The van der Waals surface area contributed by atoms with Crippen molar-refractivity contribution in [1.29, 1.82) is 0 Å². The molecule has 9 heteroatoms. The molecule has 6 nitrogen and oxygen atoms in total. The maximum absolute atomic E-state index is 13.5. The second-order valence-electron chi connectivity index (χ2n) is 6.26. The Morgan fingerprint density at radius 2 is 1.92 bits per heavy atom. The molecule has 1 heterocycles. The van der Waals surface area contributed by atoms with E-state index in [2.05, 4.69) is 10.1 Å². The second-order valence-corrected chi connectivity index (χ2v) is 7.33. The first-order valence-corrected chi connectivity index (χ1v) is 8.90. The second kappa shape index (κ2) is 8.13. The molecule has 1 aromatic rings. The summed E-state index contributed by atoms with van der Waals surface area (Å²) in [6, 6.07) is 3.40. The first-order valence-electron chi connectivity index (χ1n) is 8.08. The number of hydrogen-bond donors (Lipinski definition) is 2. The number of ether oxygens (including phenoxy) is 2. The van der Waals surface area contributed by atoms with Crippen LogP contribution in [0.3, 0.4) is 0 Å². The molecule has 1 aliphatic heterocycles. The van der Waals surface area contributed by atoms with Gasteiger partial charge in [-0.3, -0.25) is 0 Å². The number of nitrogens with two attached hydrogens (primary N) is 1. The Hall–Kier alpha value is -2.00. The number of thioether (sulfide) groups is 1. The number of primary amides is 1. The van der Waals surface area contributed by atoms with Crippen LogP contribution in [0.2, 0.25) is 0 Å². The summed E-state index contributed by atoms with van der Waals surface area (Å²) in [6.07, 6.45) is -0.864. The average Bonchev–Trinajstić information content (AvgIpc) is 2.76. The van der Waals surface area contributed by atoms with Gasteiger partial charge in [0.15, 0.2) is 0 Å². The zero-order chi connectivity index (χ0) is 19.5. The van der Waals surface area contributed by atoms with Gasteiger partial charge in [-0.05, 0) is 18.1 Å². The maximum atomic E-state index is 13.5. The van der Waals surface area contributed by atoms with Gasteiger partial charge >= 0.3 is 6.09 Å².